The van der Waals surface area contributed by atoms with Crippen molar-refractivity contribution in [2.75, 3.05) is 39.6 Å². The molecule has 5 atom stereocenters. The van der Waals surface area contributed by atoms with Gasteiger partial charge in [-0.25, -0.2) is 9.13 Å². The Kier molecular flexibility index (Phi) is 75.8. The van der Waals surface area contributed by atoms with Gasteiger partial charge < -0.3 is 33.8 Å². The lowest BCUT2D eigenvalue weighted by molar-refractivity contribution is -0.161. The molecule has 0 aromatic heterocycles. The van der Waals surface area contributed by atoms with Crippen molar-refractivity contribution < 1.29 is 80.2 Å². The number of unbranched alkanes of at least 4 members (excludes halogenated alkanes) is 58. The second-order valence-electron chi connectivity index (χ2n) is 29.9. The Morgan fingerprint density at radius 1 is 0.235 bits per heavy atom. The Labute approximate surface area is 626 Å². The zero-order valence-electron chi connectivity index (χ0n) is 66.6. The lowest BCUT2D eigenvalue weighted by atomic mass is 10.0. The van der Waals surface area contributed by atoms with Gasteiger partial charge in [-0.3, -0.25) is 37.3 Å². The first-order valence-corrected chi connectivity index (χ1v) is 46.3. The molecule has 2 unspecified atom stereocenters. The Hall–Kier alpha value is -1.94. The summed E-state index contributed by atoms with van der Waals surface area (Å²) in [6, 6.07) is 0. The minimum atomic E-state index is -4.96. The molecule has 17 nitrogen and oxygen atoms in total. The number of ether oxygens (including phenoxy) is 4. The average Bonchev–Trinajstić information content (AvgIpc) is 0.942. The molecule has 0 spiro atoms. The Morgan fingerprint density at radius 2 is 0.392 bits per heavy atom. The summed E-state index contributed by atoms with van der Waals surface area (Å²) < 4.78 is 68.8. The van der Waals surface area contributed by atoms with Gasteiger partial charge in [-0.2, -0.15) is 0 Å². The van der Waals surface area contributed by atoms with Gasteiger partial charge in [-0.15, -0.1) is 0 Å². The van der Waals surface area contributed by atoms with Crippen LogP contribution in [0.25, 0.3) is 0 Å². The summed E-state index contributed by atoms with van der Waals surface area (Å²) in [6.07, 6.45) is 70.7. The molecule has 19 heteroatoms. The number of esters is 4. The third kappa shape index (κ3) is 76.3. The fourth-order valence-electron chi connectivity index (χ4n) is 13.0. The highest BCUT2D eigenvalue weighted by molar-refractivity contribution is 7.47. The standard InChI is InChI=1S/C83H162O17P2/c1-5-9-13-17-21-25-29-33-36-37-38-39-40-41-42-43-46-50-54-58-62-66-70-83(88)100-79(74-94-81(86)68-64-60-56-52-48-44-34-30-26-22-18-14-10-6-2)76-98-102(91,92)96-72-77(84)71-95-101(89,90)97-75-78(73-93-80(85)67-63-59-55-51-47-32-28-24-20-16-12-8-4)99-82(87)69-65-61-57-53-49-45-35-31-27-23-19-15-11-7-3/h77-79,84H,5-76H2,1-4H3,(H,89,90)(H,91,92)/t77-,78+,79+/m0/s1. The monoisotopic (exact) mass is 1490 g/mol. The number of carbonyl (C=O) groups is 4. The molecule has 0 aliphatic carbocycles. The van der Waals surface area contributed by atoms with Crippen LogP contribution in [0.1, 0.15) is 451 Å². The molecule has 0 radical (unpaired) electrons. The number of hydrogen-bond acceptors (Lipinski definition) is 15. The maximum absolute atomic E-state index is 13.1. The van der Waals surface area contributed by atoms with Crippen molar-refractivity contribution >= 4 is 39.5 Å². The van der Waals surface area contributed by atoms with E-state index >= 15 is 0 Å². The van der Waals surface area contributed by atoms with Crippen LogP contribution in [-0.2, 0) is 65.4 Å². The number of aliphatic hydroxyl groups excluding tert-OH is 1. The van der Waals surface area contributed by atoms with Crippen molar-refractivity contribution in [1.29, 1.82) is 0 Å². The fourth-order valence-corrected chi connectivity index (χ4v) is 14.6. The van der Waals surface area contributed by atoms with Crippen LogP contribution in [0.15, 0.2) is 0 Å². The first-order chi connectivity index (χ1) is 49.7. The molecule has 0 saturated heterocycles. The highest BCUT2D eigenvalue weighted by atomic mass is 31.2. The number of rotatable bonds is 84. The predicted molar refractivity (Wildman–Crippen MR) is 419 cm³/mol. The first kappa shape index (κ1) is 100. The zero-order chi connectivity index (χ0) is 74.6. The first-order valence-electron chi connectivity index (χ1n) is 43.3. The molecular weight excluding hydrogens is 1330 g/mol. The Balaban J connectivity index is 5.21. The van der Waals surface area contributed by atoms with E-state index in [1.807, 2.05) is 0 Å². The highest BCUT2D eigenvalue weighted by Crippen LogP contribution is 2.45. The Morgan fingerprint density at radius 3 is 0.578 bits per heavy atom. The van der Waals surface area contributed by atoms with E-state index in [0.29, 0.717) is 25.7 Å². The summed E-state index contributed by atoms with van der Waals surface area (Å²) in [7, 11) is -9.92. The summed E-state index contributed by atoms with van der Waals surface area (Å²) >= 11 is 0. The van der Waals surface area contributed by atoms with Crippen LogP contribution in [-0.4, -0.2) is 96.7 Å². The van der Waals surface area contributed by atoms with Gasteiger partial charge in [0.1, 0.15) is 19.3 Å². The smallest absolute Gasteiger partial charge is 0.462 e. The number of carbonyl (C=O) groups excluding carboxylic acids is 4. The Bertz CT molecular complexity index is 1930. The summed E-state index contributed by atoms with van der Waals surface area (Å²) in [6.45, 7) is 5.04. The molecule has 0 saturated carbocycles. The molecule has 0 rings (SSSR count). The molecule has 0 amide bonds. The van der Waals surface area contributed by atoms with Gasteiger partial charge in [0.2, 0.25) is 0 Å². The van der Waals surface area contributed by atoms with E-state index in [1.54, 1.807) is 0 Å². The number of phosphoric ester groups is 2. The second-order valence-corrected chi connectivity index (χ2v) is 32.8. The maximum Gasteiger partial charge on any atom is 0.472 e. The van der Waals surface area contributed by atoms with E-state index in [2.05, 4.69) is 27.7 Å². The van der Waals surface area contributed by atoms with Crippen molar-refractivity contribution in [1.82, 2.24) is 0 Å². The third-order valence-electron chi connectivity index (χ3n) is 19.6. The van der Waals surface area contributed by atoms with Crippen molar-refractivity contribution in [3.05, 3.63) is 0 Å². The SMILES string of the molecule is CCCCCCCCCCCCCCCCCCCCCCCCC(=O)O[C@H](COC(=O)CCCCCCCCCCCCCCCC)COP(=O)(O)OC[C@@H](O)COP(=O)(O)OC[C@@H](COC(=O)CCCCCCCCCCCCCC)OC(=O)CCCCCCCCCCCCCCCC. The van der Waals surface area contributed by atoms with Gasteiger partial charge >= 0.3 is 39.5 Å². The van der Waals surface area contributed by atoms with Gasteiger partial charge in [-0.05, 0) is 25.7 Å². The van der Waals surface area contributed by atoms with Gasteiger partial charge in [0, 0.05) is 25.7 Å². The second kappa shape index (κ2) is 77.2. The van der Waals surface area contributed by atoms with Crippen molar-refractivity contribution in [2.45, 2.75) is 470 Å². The quantitative estimate of drug-likeness (QED) is 0.0222. The summed E-state index contributed by atoms with van der Waals surface area (Å²) in [5.41, 5.74) is 0. The van der Waals surface area contributed by atoms with Crippen LogP contribution in [0.4, 0.5) is 0 Å². The summed E-state index contributed by atoms with van der Waals surface area (Å²) in [4.78, 5) is 73.1. The van der Waals surface area contributed by atoms with E-state index in [1.165, 1.54) is 283 Å². The number of aliphatic hydroxyl groups is 1. The molecule has 3 N–H and O–H groups in total. The van der Waals surface area contributed by atoms with E-state index < -0.39 is 97.5 Å². The molecule has 0 bridgehead atoms. The van der Waals surface area contributed by atoms with E-state index in [0.717, 1.165) is 89.9 Å². The van der Waals surface area contributed by atoms with Crippen LogP contribution < -0.4 is 0 Å². The largest absolute Gasteiger partial charge is 0.472 e. The van der Waals surface area contributed by atoms with E-state index in [4.69, 9.17) is 37.0 Å². The molecule has 102 heavy (non-hydrogen) atoms. The average molecular weight is 1490 g/mol. The van der Waals surface area contributed by atoms with Crippen LogP contribution in [0.2, 0.25) is 0 Å². The topological polar surface area (TPSA) is 237 Å². The number of hydrogen-bond donors (Lipinski definition) is 3. The van der Waals surface area contributed by atoms with Gasteiger partial charge in [0.05, 0.1) is 26.4 Å². The van der Waals surface area contributed by atoms with Crippen LogP contribution in [0.5, 0.6) is 0 Å². The van der Waals surface area contributed by atoms with Crippen molar-refractivity contribution in [3.63, 3.8) is 0 Å². The molecule has 0 heterocycles. The van der Waals surface area contributed by atoms with Crippen molar-refractivity contribution in [3.8, 4) is 0 Å². The normalized spacial score (nSPS) is 13.8. The molecule has 0 aliphatic rings. The predicted octanol–water partition coefficient (Wildman–Crippen LogP) is 25.4. The van der Waals surface area contributed by atoms with E-state index in [-0.39, 0.29) is 25.7 Å². The fraction of sp³-hybridized carbons (Fsp3) is 0.952. The van der Waals surface area contributed by atoms with Crippen LogP contribution in [0.3, 0.4) is 0 Å². The number of phosphoric acid groups is 2. The molecular formula is C83H162O17P2. The lowest BCUT2D eigenvalue weighted by Crippen LogP contribution is -2.30. The summed E-state index contributed by atoms with van der Waals surface area (Å²) in [5.74, 6) is -2.10. The minimum Gasteiger partial charge on any atom is -0.462 e. The molecule has 0 aromatic carbocycles. The molecule has 0 fully saturated rings. The molecule has 0 aromatic rings. The van der Waals surface area contributed by atoms with Gasteiger partial charge in [0.25, 0.3) is 0 Å². The molecule has 606 valence electrons. The molecule has 0 aliphatic heterocycles. The van der Waals surface area contributed by atoms with E-state index in [9.17, 15) is 43.2 Å². The maximum atomic E-state index is 13.1. The lowest BCUT2D eigenvalue weighted by Gasteiger charge is -2.21. The highest BCUT2D eigenvalue weighted by Gasteiger charge is 2.30. The summed E-state index contributed by atoms with van der Waals surface area (Å²) in [5, 5.41) is 10.7. The zero-order valence-corrected chi connectivity index (χ0v) is 68.4. The van der Waals surface area contributed by atoms with Crippen LogP contribution in [0, 0.1) is 0 Å². The third-order valence-corrected chi connectivity index (χ3v) is 21.5. The van der Waals surface area contributed by atoms with Gasteiger partial charge in [-0.1, -0.05) is 400 Å². The van der Waals surface area contributed by atoms with Gasteiger partial charge in [0.15, 0.2) is 12.2 Å². The van der Waals surface area contributed by atoms with Crippen LogP contribution >= 0.6 is 15.6 Å². The van der Waals surface area contributed by atoms with Crippen molar-refractivity contribution in [2.24, 2.45) is 0 Å². The minimum absolute atomic E-state index is 0.109.